The predicted octanol–water partition coefficient (Wildman–Crippen LogP) is 5.80. The van der Waals surface area contributed by atoms with Crippen molar-refractivity contribution in [2.24, 2.45) is 0 Å². The molecule has 3 rings (SSSR count). The van der Waals surface area contributed by atoms with Gasteiger partial charge in [0.1, 0.15) is 0 Å². The van der Waals surface area contributed by atoms with E-state index in [0.717, 1.165) is 21.0 Å². The predicted molar refractivity (Wildman–Crippen MR) is 106 cm³/mol. The minimum atomic E-state index is -0.137. The van der Waals surface area contributed by atoms with Gasteiger partial charge < -0.3 is 5.32 Å². The number of para-hydroxylation sites is 1. The molecule has 0 atom stereocenters. The first-order valence-electron chi connectivity index (χ1n) is 8.08. The van der Waals surface area contributed by atoms with Crippen LogP contribution in [0.15, 0.2) is 94.7 Å². The zero-order valence-corrected chi connectivity index (χ0v) is 14.8. The SMILES string of the molecule is Cc1ccc(/C=C/C(=O)Nc2ccccc2Sc2ccccc2)cc1. The minimum absolute atomic E-state index is 0.137. The van der Waals surface area contributed by atoms with Crippen molar-refractivity contribution in [1.82, 2.24) is 0 Å². The van der Waals surface area contributed by atoms with Gasteiger partial charge in [-0.3, -0.25) is 4.79 Å². The zero-order valence-electron chi connectivity index (χ0n) is 14.0. The Morgan fingerprint density at radius 3 is 2.32 bits per heavy atom. The van der Waals surface area contributed by atoms with E-state index < -0.39 is 0 Å². The highest BCUT2D eigenvalue weighted by Gasteiger charge is 2.06. The number of aryl methyl sites for hydroxylation is 1. The molecule has 0 saturated heterocycles. The second kappa shape index (κ2) is 8.36. The second-order valence-corrected chi connectivity index (χ2v) is 6.76. The third kappa shape index (κ3) is 5.10. The quantitative estimate of drug-likeness (QED) is 0.592. The normalized spacial score (nSPS) is 10.8. The van der Waals surface area contributed by atoms with E-state index in [-0.39, 0.29) is 5.91 Å². The molecule has 3 aromatic carbocycles. The molecule has 3 aromatic rings. The molecule has 0 unspecified atom stereocenters. The Hall–Kier alpha value is -2.78. The molecule has 0 fully saturated rings. The van der Waals surface area contributed by atoms with Crippen molar-refractivity contribution in [3.8, 4) is 0 Å². The molecule has 25 heavy (non-hydrogen) atoms. The highest BCUT2D eigenvalue weighted by atomic mass is 32.2. The number of nitrogens with one attached hydrogen (secondary N) is 1. The molecule has 0 radical (unpaired) electrons. The van der Waals surface area contributed by atoms with Gasteiger partial charge in [0.05, 0.1) is 5.69 Å². The van der Waals surface area contributed by atoms with Gasteiger partial charge in [-0.15, -0.1) is 0 Å². The molecular formula is C22H19NOS. The largest absolute Gasteiger partial charge is 0.321 e. The molecular weight excluding hydrogens is 326 g/mol. The Labute approximate surface area is 152 Å². The van der Waals surface area contributed by atoms with E-state index in [1.54, 1.807) is 17.8 Å². The van der Waals surface area contributed by atoms with Crippen molar-refractivity contribution in [1.29, 1.82) is 0 Å². The number of anilines is 1. The average Bonchev–Trinajstić information content (AvgIpc) is 2.64. The summed E-state index contributed by atoms with van der Waals surface area (Å²) in [6, 6.07) is 26.0. The molecule has 0 spiro atoms. The Balaban J connectivity index is 1.70. The monoisotopic (exact) mass is 345 g/mol. The van der Waals surface area contributed by atoms with E-state index >= 15 is 0 Å². The summed E-state index contributed by atoms with van der Waals surface area (Å²) in [6.07, 6.45) is 3.39. The van der Waals surface area contributed by atoms with Crippen molar-refractivity contribution < 1.29 is 4.79 Å². The van der Waals surface area contributed by atoms with Crippen LogP contribution >= 0.6 is 11.8 Å². The zero-order chi connectivity index (χ0) is 17.5. The smallest absolute Gasteiger partial charge is 0.248 e. The fourth-order valence-electron chi connectivity index (χ4n) is 2.30. The summed E-state index contributed by atoms with van der Waals surface area (Å²) in [5.41, 5.74) is 3.02. The maximum absolute atomic E-state index is 12.3. The van der Waals surface area contributed by atoms with Gasteiger partial charge in [-0.2, -0.15) is 0 Å². The summed E-state index contributed by atoms with van der Waals surface area (Å²) in [7, 11) is 0. The van der Waals surface area contributed by atoms with Crippen LogP contribution in [-0.4, -0.2) is 5.91 Å². The first-order chi connectivity index (χ1) is 12.2. The van der Waals surface area contributed by atoms with Crippen molar-refractivity contribution in [2.75, 3.05) is 5.32 Å². The highest BCUT2D eigenvalue weighted by molar-refractivity contribution is 7.99. The van der Waals surface area contributed by atoms with Gasteiger partial charge in [-0.1, -0.05) is 71.9 Å². The fourth-order valence-corrected chi connectivity index (χ4v) is 3.22. The third-order valence-electron chi connectivity index (χ3n) is 3.62. The van der Waals surface area contributed by atoms with Crippen LogP contribution in [0.3, 0.4) is 0 Å². The molecule has 0 aliphatic carbocycles. The number of benzene rings is 3. The first-order valence-corrected chi connectivity index (χ1v) is 8.90. The lowest BCUT2D eigenvalue weighted by atomic mass is 10.1. The third-order valence-corrected chi connectivity index (χ3v) is 4.70. The number of rotatable bonds is 5. The Bertz CT molecular complexity index is 870. The molecule has 2 nitrogen and oxygen atoms in total. The van der Waals surface area contributed by atoms with E-state index in [2.05, 4.69) is 17.4 Å². The van der Waals surface area contributed by atoms with E-state index in [1.807, 2.05) is 79.7 Å². The van der Waals surface area contributed by atoms with Gasteiger partial charge in [-0.05, 0) is 42.8 Å². The van der Waals surface area contributed by atoms with Crippen molar-refractivity contribution in [3.63, 3.8) is 0 Å². The fraction of sp³-hybridized carbons (Fsp3) is 0.0455. The van der Waals surface area contributed by atoms with Crippen LogP contribution in [0.5, 0.6) is 0 Å². The molecule has 1 amide bonds. The molecule has 0 heterocycles. The summed E-state index contributed by atoms with van der Waals surface area (Å²) in [5.74, 6) is -0.137. The van der Waals surface area contributed by atoms with E-state index in [4.69, 9.17) is 0 Å². The van der Waals surface area contributed by atoms with Crippen LogP contribution in [0.4, 0.5) is 5.69 Å². The second-order valence-electron chi connectivity index (χ2n) is 5.64. The summed E-state index contributed by atoms with van der Waals surface area (Å²) in [5, 5.41) is 2.97. The molecule has 0 aromatic heterocycles. The number of carbonyl (C=O) groups is 1. The van der Waals surface area contributed by atoms with E-state index in [1.165, 1.54) is 5.56 Å². The highest BCUT2D eigenvalue weighted by Crippen LogP contribution is 2.33. The lowest BCUT2D eigenvalue weighted by Crippen LogP contribution is -2.08. The van der Waals surface area contributed by atoms with Gasteiger partial charge in [0, 0.05) is 15.9 Å². The Kier molecular flexibility index (Phi) is 5.70. The number of hydrogen-bond acceptors (Lipinski definition) is 2. The van der Waals surface area contributed by atoms with Gasteiger partial charge >= 0.3 is 0 Å². The van der Waals surface area contributed by atoms with Gasteiger partial charge in [0.2, 0.25) is 5.91 Å². The molecule has 124 valence electrons. The summed E-state index contributed by atoms with van der Waals surface area (Å²) >= 11 is 1.63. The van der Waals surface area contributed by atoms with Crippen LogP contribution in [0, 0.1) is 6.92 Å². The molecule has 1 N–H and O–H groups in total. The maximum atomic E-state index is 12.3. The summed E-state index contributed by atoms with van der Waals surface area (Å²) in [4.78, 5) is 14.4. The average molecular weight is 345 g/mol. The van der Waals surface area contributed by atoms with Gasteiger partial charge in [-0.25, -0.2) is 0 Å². The molecule has 0 aliphatic rings. The van der Waals surface area contributed by atoms with Gasteiger partial charge in [0.15, 0.2) is 0 Å². The van der Waals surface area contributed by atoms with E-state index in [9.17, 15) is 4.79 Å². The number of amides is 1. The van der Waals surface area contributed by atoms with Crippen LogP contribution in [0.1, 0.15) is 11.1 Å². The van der Waals surface area contributed by atoms with Crippen LogP contribution < -0.4 is 5.32 Å². The van der Waals surface area contributed by atoms with E-state index in [0.29, 0.717) is 0 Å². The Morgan fingerprint density at radius 1 is 0.880 bits per heavy atom. The van der Waals surface area contributed by atoms with Crippen molar-refractivity contribution in [3.05, 3.63) is 96.1 Å². The molecule has 0 saturated carbocycles. The Morgan fingerprint density at radius 2 is 1.56 bits per heavy atom. The van der Waals surface area contributed by atoms with Crippen molar-refractivity contribution in [2.45, 2.75) is 16.7 Å². The minimum Gasteiger partial charge on any atom is -0.321 e. The molecule has 0 aliphatic heterocycles. The summed E-state index contributed by atoms with van der Waals surface area (Å²) < 4.78 is 0. The van der Waals surface area contributed by atoms with Crippen LogP contribution in [0.25, 0.3) is 6.08 Å². The topological polar surface area (TPSA) is 29.1 Å². The number of carbonyl (C=O) groups excluding carboxylic acids is 1. The van der Waals surface area contributed by atoms with Crippen molar-refractivity contribution >= 4 is 29.4 Å². The van der Waals surface area contributed by atoms with Gasteiger partial charge in [0.25, 0.3) is 0 Å². The standard InChI is InChI=1S/C22H19NOS/c1-17-11-13-18(14-12-17)15-16-22(24)23-20-9-5-6-10-21(20)25-19-7-3-2-4-8-19/h2-16H,1H3,(H,23,24)/b16-15+. The molecule has 3 heteroatoms. The number of hydrogen-bond donors (Lipinski definition) is 1. The lowest BCUT2D eigenvalue weighted by Gasteiger charge is -2.09. The van der Waals surface area contributed by atoms with Crippen LogP contribution in [-0.2, 0) is 4.79 Å². The summed E-state index contributed by atoms with van der Waals surface area (Å²) in [6.45, 7) is 2.04. The first kappa shape index (κ1) is 17.1. The maximum Gasteiger partial charge on any atom is 0.248 e. The van der Waals surface area contributed by atoms with Crippen LogP contribution in [0.2, 0.25) is 0 Å². The lowest BCUT2D eigenvalue weighted by molar-refractivity contribution is -0.111. The molecule has 0 bridgehead atoms.